The molecule has 2 nitrogen and oxygen atoms in total. The fourth-order valence-corrected chi connectivity index (χ4v) is 3.51. The molecule has 1 aliphatic rings. The highest BCUT2D eigenvalue weighted by Crippen LogP contribution is 2.33. The molecule has 1 fully saturated rings. The number of carbonyl (C=O) groups excluding carboxylic acids is 1. The molecule has 0 aromatic heterocycles. The molecule has 1 amide bonds. The van der Waals surface area contributed by atoms with Crippen LogP contribution in [0.1, 0.15) is 19.3 Å². The van der Waals surface area contributed by atoms with Crippen LogP contribution in [0, 0.1) is 0 Å². The number of primary amides is 1. The molecule has 1 aliphatic heterocycles. The Balaban J connectivity index is 2.35. The Hall–Kier alpha value is 0.170. The van der Waals surface area contributed by atoms with Crippen molar-refractivity contribution in [2.45, 2.75) is 24.5 Å². The topological polar surface area (TPSA) is 43.1 Å². The molecule has 0 bridgehead atoms. The number of nitrogens with two attached hydrogens (primary N) is 1. The Morgan fingerprint density at radius 3 is 3.00 bits per heavy atom. The first-order valence-electron chi connectivity index (χ1n) is 3.38. The number of hydrogen-bond acceptors (Lipinski definition) is 3. The number of rotatable bonds is 1. The van der Waals surface area contributed by atoms with Gasteiger partial charge in [-0.05, 0) is 12.8 Å². The first kappa shape index (κ1) is 8.27. The van der Waals surface area contributed by atoms with Crippen molar-refractivity contribution in [3.8, 4) is 0 Å². The largest absolute Gasteiger partial charge is 0.369 e. The summed E-state index contributed by atoms with van der Waals surface area (Å²) in [6.45, 7) is 0. The van der Waals surface area contributed by atoms with Crippen molar-refractivity contribution in [1.29, 1.82) is 0 Å². The van der Waals surface area contributed by atoms with Gasteiger partial charge >= 0.3 is 0 Å². The van der Waals surface area contributed by atoms with Gasteiger partial charge in [0.2, 0.25) is 5.91 Å². The van der Waals surface area contributed by atoms with Crippen molar-refractivity contribution in [3.05, 3.63) is 0 Å². The van der Waals surface area contributed by atoms with E-state index in [0.29, 0.717) is 0 Å². The average Bonchev–Trinajstić information content (AvgIpc) is 2.12. The first-order valence-corrected chi connectivity index (χ1v) is 5.76. The zero-order chi connectivity index (χ0) is 7.40. The Bertz CT molecular complexity index is 121. The minimum atomic E-state index is -0.153. The molecule has 0 spiro atoms. The van der Waals surface area contributed by atoms with Gasteiger partial charge in [0.15, 0.2) is 0 Å². The molecule has 1 saturated heterocycles. The van der Waals surface area contributed by atoms with Crippen molar-refractivity contribution >= 4 is 27.5 Å². The summed E-state index contributed by atoms with van der Waals surface area (Å²) in [5.41, 5.74) is 5.16. The number of carbonyl (C=O) groups is 1. The lowest BCUT2D eigenvalue weighted by Gasteiger charge is -2.05. The highest BCUT2D eigenvalue weighted by atomic mass is 33.1. The minimum Gasteiger partial charge on any atom is -0.369 e. The fraction of sp³-hybridized carbons (Fsp3) is 0.833. The molecule has 4 heteroatoms. The summed E-state index contributed by atoms with van der Waals surface area (Å²) < 4.78 is 0. The number of hydrogen-bond donors (Lipinski definition) is 1. The molecule has 0 saturated carbocycles. The lowest BCUT2D eigenvalue weighted by molar-refractivity contribution is -0.117. The van der Waals surface area contributed by atoms with Crippen LogP contribution >= 0.6 is 21.6 Å². The van der Waals surface area contributed by atoms with Crippen LogP contribution in [0.3, 0.4) is 0 Å². The van der Waals surface area contributed by atoms with Crippen LogP contribution in [0.15, 0.2) is 0 Å². The van der Waals surface area contributed by atoms with E-state index in [1.54, 1.807) is 21.6 Å². The third-order valence-corrected chi connectivity index (χ3v) is 4.34. The van der Waals surface area contributed by atoms with Gasteiger partial charge in [-0.3, -0.25) is 4.79 Å². The maximum Gasteiger partial charge on any atom is 0.231 e. The lowest BCUT2D eigenvalue weighted by Crippen LogP contribution is -2.24. The molecule has 1 heterocycles. The Labute approximate surface area is 68.7 Å². The highest BCUT2D eigenvalue weighted by molar-refractivity contribution is 8.77. The molecule has 1 unspecified atom stereocenters. The normalized spacial score (nSPS) is 27.4. The molecule has 1 rings (SSSR count). The van der Waals surface area contributed by atoms with Crippen molar-refractivity contribution < 1.29 is 4.79 Å². The first-order chi connectivity index (χ1) is 4.80. The van der Waals surface area contributed by atoms with E-state index in [4.69, 9.17) is 5.73 Å². The molecule has 0 radical (unpaired) electrons. The van der Waals surface area contributed by atoms with Crippen LogP contribution in [-0.4, -0.2) is 16.9 Å². The fourth-order valence-electron chi connectivity index (χ4n) is 0.859. The third-order valence-electron chi connectivity index (χ3n) is 1.45. The van der Waals surface area contributed by atoms with Crippen LogP contribution in [0.5, 0.6) is 0 Å². The summed E-state index contributed by atoms with van der Waals surface area (Å²) >= 11 is 0. The summed E-state index contributed by atoms with van der Waals surface area (Å²) in [5.74, 6) is 1.01. The van der Waals surface area contributed by atoms with Gasteiger partial charge in [0.05, 0.1) is 5.25 Å². The monoisotopic (exact) mass is 177 g/mol. The smallest absolute Gasteiger partial charge is 0.231 e. The predicted octanol–water partition coefficient (Wildman–Crippen LogP) is 1.41. The zero-order valence-corrected chi connectivity index (χ0v) is 7.34. The second kappa shape index (κ2) is 4.13. The summed E-state index contributed by atoms with van der Waals surface area (Å²) in [5, 5.41) is 0.0625. The van der Waals surface area contributed by atoms with Gasteiger partial charge in [0, 0.05) is 5.75 Å². The molecular weight excluding hydrogens is 166 g/mol. The summed E-state index contributed by atoms with van der Waals surface area (Å²) in [4.78, 5) is 10.7. The van der Waals surface area contributed by atoms with E-state index in [0.717, 1.165) is 18.6 Å². The molecule has 0 aromatic rings. The Morgan fingerprint density at radius 1 is 1.50 bits per heavy atom. The van der Waals surface area contributed by atoms with E-state index >= 15 is 0 Å². The van der Waals surface area contributed by atoms with Crippen LogP contribution in [-0.2, 0) is 4.79 Å². The Kier molecular flexibility index (Phi) is 3.42. The van der Waals surface area contributed by atoms with Crippen LogP contribution in [0.25, 0.3) is 0 Å². The van der Waals surface area contributed by atoms with Crippen molar-refractivity contribution in [3.63, 3.8) is 0 Å². The second-order valence-corrected chi connectivity index (χ2v) is 4.99. The van der Waals surface area contributed by atoms with E-state index < -0.39 is 0 Å². The molecule has 0 aliphatic carbocycles. The predicted molar refractivity (Wildman–Crippen MR) is 46.9 cm³/mol. The van der Waals surface area contributed by atoms with Gasteiger partial charge in [-0.15, -0.1) is 0 Å². The van der Waals surface area contributed by atoms with Gasteiger partial charge in [-0.25, -0.2) is 0 Å². The van der Waals surface area contributed by atoms with E-state index in [1.165, 1.54) is 6.42 Å². The third kappa shape index (κ3) is 2.42. The van der Waals surface area contributed by atoms with E-state index in [9.17, 15) is 4.79 Å². The zero-order valence-electron chi connectivity index (χ0n) is 5.71. The summed E-state index contributed by atoms with van der Waals surface area (Å²) in [6, 6.07) is 0. The van der Waals surface area contributed by atoms with E-state index in [1.807, 2.05) is 0 Å². The summed E-state index contributed by atoms with van der Waals surface area (Å²) in [7, 11) is 3.40. The van der Waals surface area contributed by atoms with E-state index in [2.05, 4.69) is 0 Å². The Morgan fingerprint density at radius 2 is 2.30 bits per heavy atom. The second-order valence-electron chi connectivity index (χ2n) is 2.30. The maximum absolute atomic E-state index is 10.7. The summed E-state index contributed by atoms with van der Waals surface area (Å²) in [6.07, 6.45) is 3.34. The number of amides is 1. The van der Waals surface area contributed by atoms with Gasteiger partial charge in [0.1, 0.15) is 0 Å². The van der Waals surface area contributed by atoms with Crippen LogP contribution < -0.4 is 5.73 Å². The van der Waals surface area contributed by atoms with Gasteiger partial charge in [-0.1, -0.05) is 28.0 Å². The van der Waals surface area contributed by atoms with Gasteiger partial charge in [-0.2, -0.15) is 0 Å². The average molecular weight is 177 g/mol. The molecule has 2 N–H and O–H groups in total. The molecule has 58 valence electrons. The van der Waals surface area contributed by atoms with E-state index in [-0.39, 0.29) is 11.2 Å². The van der Waals surface area contributed by atoms with Gasteiger partial charge in [0.25, 0.3) is 0 Å². The van der Waals surface area contributed by atoms with Crippen molar-refractivity contribution in [2.24, 2.45) is 5.73 Å². The maximum atomic E-state index is 10.7. The SMILES string of the molecule is NC(=O)C1CCCCSS1. The molecule has 1 atom stereocenters. The molecule has 0 aromatic carbocycles. The standard InChI is InChI=1S/C6H11NOS2/c7-6(8)5-3-1-2-4-9-10-5/h5H,1-4H2,(H2,7,8). The molecule has 10 heavy (non-hydrogen) atoms. The van der Waals surface area contributed by atoms with Crippen molar-refractivity contribution in [2.75, 3.05) is 5.75 Å². The van der Waals surface area contributed by atoms with Crippen LogP contribution in [0.4, 0.5) is 0 Å². The molecular formula is C6H11NOS2. The minimum absolute atomic E-state index is 0.0625. The lowest BCUT2D eigenvalue weighted by atomic mass is 10.2. The quantitative estimate of drug-likeness (QED) is 0.616. The van der Waals surface area contributed by atoms with Gasteiger partial charge < -0.3 is 5.73 Å². The highest BCUT2D eigenvalue weighted by Gasteiger charge is 2.17. The van der Waals surface area contributed by atoms with Crippen LogP contribution in [0.2, 0.25) is 0 Å². The van der Waals surface area contributed by atoms with Crippen molar-refractivity contribution in [1.82, 2.24) is 0 Å².